The second-order valence-electron chi connectivity index (χ2n) is 2.29. The summed E-state index contributed by atoms with van der Waals surface area (Å²) in [5, 5.41) is 4.25. The third kappa shape index (κ3) is 2.68. The highest BCUT2D eigenvalue weighted by Gasteiger charge is 2.06. The van der Waals surface area contributed by atoms with E-state index < -0.39 is 0 Å². The summed E-state index contributed by atoms with van der Waals surface area (Å²) in [4.78, 5) is 0. The summed E-state index contributed by atoms with van der Waals surface area (Å²) >= 11 is 3.41. The summed E-state index contributed by atoms with van der Waals surface area (Å²) in [5.74, 6) is 0.722. The molecule has 0 aliphatic carbocycles. The number of halogens is 1. The molecule has 0 aliphatic heterocycles. The van der Waals surface area contributed by atoms with Gasteiger partial charge in [-0.3, -0.25) is 0 Å². The summed E-state index contributed by atoms with van der Waals surface area (Å²) < 4.78 is 0. The maximum atomic E-state index is 3.41. The van der Waals surface area contributed by atoms with Crippen LogP contribution in [0.15, 0.2) is 0 Å². The van der Waals surface area contributed by atoms with Crippen LogP contribution in [0.4, 0.5) is 0 Å². The van der Waals surface area contributed by atoms with Crippen molar-refractivity contribution < 1.29 is 0 Å². The summed E-state index contributed by atoms with van der Waals surface area (Å²) in [7, 11) is 1.99. The number of alkyl halides is 1. The van der Waals surface area contributed by atoms with Crippen molar-refractivity contribution in [3.63, 3.8) is 0 Å². The van der Waals surface area contributed by atoms with Gasteiger partial charge in [0.1, 0.15) is 0 Å². The summed E-state index contributed by atoms with van der Waals surface area (Å²) in [5.41, 5.74) is 0. The molecule has 0 saturated carbocycles. The summed E-state index contributed by atoms with van der Waals surface area (Å²) in [6, 6.07) is 0.620. The molecule has 0 aromatic heterocycles. The average molecular weight is 180 g/mol. The van der Waals surface area contributed by atoms with Crippen LogP contribution in [0, 0.1) is 5.92 Å². The molecule has 1 N–H and O–H groups in total. The first-order valence-corrected chi connectivity index (χ1v) is 4.07. The van der Waals surface area contributed by atoms with E-state index in [1.807, 2.05) is 7.05 Å². The lowest BCUT2D eigenvalue weighted by Gasteiger charge is -2.15. The lowest BCUT2D eigenvalue weighted by molar-refractivity contribution is 0.467. The van der Waals surface area contributed by atoms with E-state index in [0.29, 0.717) is 6.04 Å². The van der Waals surface area contributed by atoms with Crippen molar-refractivity contribution in [2.24, 2.45) is 5.92 Å². The Hall–Kier alpha value is 0.440. The molecule has 8 heavy (non-hydrogen) atoms. The Balaban J connectivity index is 3.35. The molecule has 0 aromatic rings. The Kier molecular flexibility index (Phi) is 4.57. The van der Waals surface area contributed by atoms with Crippen molar-refractivity contribution in [2.75, 3.05) is 12.4 Å². The quantitative estimate of drug-likeness (QED) is 0.651. The Morgan fingerprint density at radius 3 is 2.00 bits per heavy atom. The van der Waals surface area contributed by atoms with Gasteiger partial charge in [-0.2, -0.15) is 0 Å². The molecule has 0 aliphatic rings. The van der Waals surface area contributed by atoms with E-state index >= 15 is 0 Å². The summed E-state index contributed by atoms with van der Waals surface area (Å²) in [6.45, 7) is 4.42. The van der Waals surface area contributed by atoms with Gasteiger partial charge in [0.05, 0.1) is 0 Å². The normalized spacial score (nSPS) is 14.6. The minimum absolute atomic E-state index is 0.620. The van der Waals surface area contributed by atoms with Crippen LogP contribution in [0.2, 0.25) is 0 Å². The molecule has 0 rings (SSSR count). The van der Waals surface area contributed by atoms with Gasteiger partial charge in [0.15, 0.2) is 0 Å². The fourth-order valence-electron chi connectivity index (χ4n) is 0.589. The van der Waals surface area contributed by atoms with Crippen LogP contribution in [0.5, 0.6) is 0 Å². The largest absolute Gasteiger partial charge is 0.316 e. The van der Waals surface area contributed by atoms with Gasteiger partial charge in [-0.05, 0) is 13.0 Å². The molecule has 1 nitrogen and oxygen atoms in total. The predicted octanol–water partition coefficient (Wildman–Crippen LogP) is 1.63. The molecule has 50 valence electrons. The first-order valence-electron chi connectivity index (χ1n) is 2.95. The zero-order valence-corrected chi connectivity index (χ0v) is 7.33. The van der Waals surface area contributed by atoms with Crippen LogP contribution in [-0.2, 0) is 0 Å². The minimum atomic E-state index is 0.620. The maximum absolute atomic E-state index is 3.41. The van der Waals surface area contributed by atoms with Gasteiger partial charge in [-0.15, -0.1) is 0 Å². The van der Waals surface area contributed by atoms with Crippen molar-refractivity contribution in [3.05, 3.63) is 0 Å². The van der Waals surface area contributed by atoms with E-state index in [-0.39, 0.29) is 0 Å². The number of hydrogen-bond donors (Lipinski definition) is 1. The molecular formula is C6H14BrN. The fourth-order valence-corrected chi connectivity index (χ4v) is 1.66. The third-order valence-electron chi connectivity index (χ3n) is 1.34. The smallest absolute Gasteiger partial charge is 0.0188 e. The van der Waals surface area contributed by atoms with Crippen molar-refractivity contribution in [2.45, 2.75) is 19.9 Å². The standard InChI is InChI=1S/C6H14BrN/c1-5(2)6(4-7)8-3/h5-6,8H,4H2,1-3H3. The highest BCUT2D eigenvalue weighted by molar-refractivity contribution is 9.09. The zero-order valence-electron chi connectivity index (χ0n) is 5.74. The van der Waals surface area contributed by atoms with E-state index in [4.69, 9.17) is 0 Å². The Labute approximate surface area is 60.0 Å². The first-order chi connectivity index (χ1) is 3.72. The molecule has 0 fully saturated rings. The van der Waals surface area contributed by atoms with Crippen LogP contribution in [-0.4, -0.2) is 18.4 Å². The van der Waals surface area contributed by atoms with Gasteiger partial charge in [0.2, 0.25) is 0 Å². The molecule has 1 unspecified atom stereocenters. The van der Waals surface area contributed by atoms with E-state index in [2.05, 4.69) is 35.1 Å². The highest BCUT2D eigenvalue weighted by Crippen LogP contribution is 2.02. The predicted molar refractivity (Wildman–Crippen MR) is 41.5 cm³/mol. The minimum Gasteiger partial charge on any atom is -0.316 e. The Morgan fingerprint density at radius 2 is 2.00 bits per heavy atom. The van der Waals surface area contributed by atoms with Gasteiger partial charge in [-0.1, -0.05) is 29.8 Å². The second kappa shape index (κ2) is 4.33. The van der Waals surface area contributed by atoms with E-state index in [1.165, 1.54) is 0 Å². The van der Waals surface area contributed by atoms with E-state index in [1.54, 1.807) is 0 Å². The van der Waals surface area contributed by atoms with Gasteiger partial charge in [0, 0.05) is 11.4 Å². The van der Waals surface area contributed by atoms with Gasteiger partial charge < -0.3 is 5.32 Å². The number of rotatable bonds is 3. The van der Waals surface area contributed by atoms with Crippen LogP contribution in [0.25, 0.3) is 0 Å². The van der Waals surface area contributed by atoms with Gasteiger partial charge >= 0.3 is 0 Å². The molecule has 0 aromatic carbocycles. The van der Waals surface area contributed by atoms with Crippen LogP contribution in [0.1, 0.15) is 13.8 Å². The fraction of sp³-hybridized carbons (Fsp3) is 1.00. The molecule has 0 bridgehead atoms. The highest BCUT2D eigenvalue weighted by atomic mass is 79.9. The van der Waals surface area contributed by atoms with E-state index in [0.717, 1.165) is 11.2 Å². The number of hydrogen-bond acceptors (Lipinski definition) is 1. The van der Waals surface area contributed by atoms with Crippen molar-refractivity contribution >= 4 is 15.9 Å². The second-order valence-corrected chi connectivity index (χ2v) is 2.94. The maximum Gasteiger partial charge on any atom is 0.0188 e. The van der Waals surface area contributed by atoms with Crippen molar-refractivity contribution in [3.8, 4) is 0 Å². The van der Waals surface area contributed by atoms with Crippen molar-refractivity contribution in [1.29, 1.82) is 0 Å². The number of nitrogens with one attached hydrogen (secondary N) is 1. The van der Waals surface area contributed by atoms with Crippen LogP contribution >= 0.6 is 15.9 Å². The molecule has 1 atom stereocenters. The third-order valence-corrected chi connectivity index (χ3v) is 2.04. The average Bonchev–Trinajstić information content (AvgIpc) is 1.69. The van der Waals surface area contributed by atoms with Crippen LogP contribution in [0.3, 0.4) is 0 Å². The lowest BCUT2D eigenvalue weighted by atomic mass is 10.1. The Morgan fingerprint density at radius 1 is 1.50 bits per heavy atom. The van der Waals surface area contributed by atoms with Crippen LogP contribution < -0.4 is 5.32 Å². The lowest BCUT2D eigenvalue weighted by Crippen LogP contribution is -2.31. The van der Waals surface area contributed by atoms with Gasteiger partial charge in [-0.25, -0.2) is 0 Å². The topological polar surface area (TPSA) is 12.0 Å². The SMILES string of the molecule is CNC(CBr)C(C)C. The zero-order chi connectivity index (χ0) is 6.57. The molecule has 0 saturated heterocycles. The molecule has 2 heteroatoms. The Bertz CT molecular complexity index is 50.5. The van der Waals surface area contributed by atoms with Gasteiger partial charge in [0.25, 0.3) is 0 Å². The summed E-state index contributed by atoms with van der Waals surface area (Å²) in [6.07, 6.45) is 0. The van der Waals surface area contributed by atoms with E-state index in [9.17, 15) is 0 Å². The first kappa shape index (κ1) is 8.44. The molecule has 0 heterocycles. The molecular weight excluding hydrogens is 166 g/mol. The monoisotopic (exact) mass is 179 g/mol. The van der Waals surface area contributed by atoms with Crippen molar-refractivity contribution in [1.82, 2.24) is 5.32 Å². The molecule has 0 amide bonds. The molecule has 0 radical (unpaired) electrons. The molecule has 0 spiro atoms.